The van der Waals surface area contributed by atoms with Crippen LogP contribution in [0, 0.1) is 11.6 Å². The summed E-state index contributed by atoms with van der Waals surface area (Å²) in [6, 6.07) is 7.54. The predicted octanol–water partition coefficient (Wildman–Crippen LogP) is 1.10. The minimum atomic E-state index is -0.759. The maximum absolute atomic E-state index is 15.2. The molecule has 1 unspecified atom stereocenters. The van der Waals surface area contributed by atoms with Gasteiger partial charge >= 0.3 is 12.2 Å². The average molecular weight is 573 g/mol. The summed E-state index contributed by atoms with van der Waals surface area (Å²) in [5.74, 6) is -1.99. The molecule has 3 aliphatic rings. The van der Waals surface area contributed by atoms with Gasteiger partial charge < -0.3 is 30.7 Å². The zero-order valence-electron chi connectivity index (χ0n) is 22.2. The molecule has 3 heterocycles. The Morgan fingerprint density at radius 2 is 1.41 bits per heavy atom. The van der Waals surface area contributed by atoms with Crippen LogP contribution in [0.25, 0.3) is 11.1 Å². The van der Waals surface area contributed by atoms with Crippen LogP contribution < -0.4 is 31.1 Å². The van der Waals surface area contributed by atoms with E-state index in [1.807, 2.05) is 0 Å². The summed E-state index contributed by atoms with van der Waals surface area (Å²) in [7, 11) is 0. The number of ether oxygens (including phenoxy) is 2. The van der Waals surface area contributed by atoms with Gasteiger partial charge in [-0.3, -0.25) is 19.4 Å². The average Bonchev–Trinajstić information content (AvgIpc) is 3.52. The summed E-state index contributed by atoms with van der Waals surface area (Å²) in [4.78, 5) is 50.6. The number of carbonyl (C=O) groups is 4. The predicted molar refractivity (Wildman–Crippen MR) is 143 cm³/mol. The molecule has 41 heavy (non-hydrogen) atoms. The molecule has 3 saturated heterocycles. The van der Waals surface area contributed by atoms with Crippen molar-refractivity contribution in [2.45, 2.75) is 25.2 Å². The van der Waals surface area contributed by atoms with Gasteiger partial charge in [0, 0.05) is 37.7 Å². The highest BCUT2D eigenvalue weighted by atomic mass is 19.1. The number of nitrogens with zero attached hydrogens (tertiary/aromatic N) is 2. The highest BCUT2D eigenvalue weighted by Gasteiger charge is 2.35. The SMILES string of the molecule is CC(=O)NC[C@H]1CN(c2ccc(-c3ccc(N4C[C@H](CNC(=O)C5CNCCN5)OC4=O)cc3F)c(F)c2)C(=O)O1. The molecule has 14 heteroatoms. The number of hydrogen-bond acceptors (Lipinski definition) is 8. The largest absolute Gasteiger partial charge is 0.442 e. The van der Waals surface area contributed by atoms with E-state index in [4.69, 9.17) is 9.47 Å². The van der Waals surface area contributed by atoms with Gasteiger partial charge in [0.05, 0.1) is 43.6 Å². The Morgan fingerprint density at radius 1 is 0.878 bits per heavy atom. The van der Waals surface area contributed by atoms with Gasteiger partial charge in [-0.1, -0.05) is 0 Å². The maximum Gasteiger partial charge on any atom is 0.414 e. The van der Waals surface area contributed by atoms with E-state index in [1.165, 1.54) is 41.0 Å². The molecular weight excluding hydrogens is 542 g/mol. The second kappa shape index (κ2) is 12.1. The standard InChI is InChI=1S/C27H30F2N6O6/c1-15(36)32-10-18-13-34(26(38)40-18)16-2-4-20(22(28)8-16)21-5-3-17(9-23(21)29)35-14-19(41-27(35)39)11-33-25(37)24-12-30-6-7-31-24/h2-5,8-9,18-19,24,30-31H,6-7,10-14H2,1H3,(H,32,36)(H,33,37)/t18-,19-,24?/m0/s1. The number of amides is 4. The summed E-state index contributed by atoms with van der Waals surface area (Å²) in [6.07, 6.45) is -2.57. The molecule has 2 aromatic carbocycles. The van der Waals surface area contributed by atoms with E-state index in [2.05, 4.69) is 21.3 Å². The Hall–Kier alpha value is -4.30. The van der Waals surface area contributed by atoms with Crippen molar-refractivity contribution in [1.82, 2.24) is 21.3 Å². The molecule has 4 amide bonds. The lowest BCUT2D eigenvalue weighted by atomic mass is 10.0. The van der Waals surface area contributed by atoms with Crippen LogP contribution in [0.1, 0.15) is 6.92 Å². The second-order valence-corrected chi connectivity index (χ2v) is 9.95. The third-order valence-corrected chi connectivity index (χ3v) is 7.01. The smallest absolute Gasteiger partial charge is 0.414 e. The fraction of sp³-hybridized carbons (Fsp3) is 0.407. The maximum atomic E-state index is 15.2. The summed E-state index contributed by atoms with van der Waals surface area (Å²) >= 11 is 0. The molecular formula is C27H30F2N6O6. The van der Waals surface area contributed by atoms with Gasteiger partial charge in [-0.2, -0.15) is 0 Å². The van der Waals surface area contributed by atoms with E-state index in [9.17, 15) is 19.2 Å². The summed E-state index contributed by atoms with van der Waals surface area (Å²) in [5, 5.41) is 11.6. The number of cyclic esters (lactones) is 2. The van der Waals surface area contributed by atoms with E-state index in [1.54, 1.807) is 0 Å². The molecule has 5 rings (SSSR count). The number of anilines is 2. The fourth-order valence-electron chi connectivity index (χ4n) is 4.89. The molecule has 0 aromatic heterocycles. The van der Waals surface area contributed by atoms with Gasteiger partial charge in [0.1, 0.15) is 23.8 Å². The summed E-state index contributed by atoms with van der Waals surface area (Å²) in [6.45, 7) is 3.76. The lowest BCUT2D eigenvalue weighted by Gasteiger charge is -2.24. The van der Waals surface area contributed by atoms with Crippen molar-refractivity contribution in [3.05, 3.63) is 48.0 Å². The third-order valence-electron chi connectivity index (χ3n) is 7.01. The van der Waals surface area contributed by atoms with Crippen LogP contribution in [0.4, 0.5) is 29.7 Å². The first-order chi connectivity index (χ1) is 19.7. The van der Waals surface area contributed by atoms with Crippen LogP contribution in [0.5, 0.6) is 0 Å². The molecule has 3 aliphatic heterocycles. The van der Waals surface area contributed by atoms with Crippen LogP contribution >= 0.6 is 0 Å². The van der Waals surface area contributed by atoms with E-state index in [0.717, 1.165) is 18.7 Å². The third kappa shape index (κ3) is 6.38. The number of piperazine rings is 1. The minimum Gasteiger partial charge on any atom is -0.442 e. The van der Waals surface area contributed by atoms with Crippen molar-refractivity contribution >= 4 is 35.4 Å². The van der Waals surface area contributed by atoms with E-state index >= 15 is 8.78 Å². The number of hydrogen-bond donors (Lipinski definition) is 4. The minimum absolute atomic E-state index is 0.0319. The lowest BCUT2D eigenvalue weighted by Crippen LogP contribution is -2.56. The highest BCUT2D eigenvalue weighted by molar-refractivity contribution is 5.91. The lowest BCUT2D eigenvalue weighted by molar-refractivity contribution is -0.123. The van der Waals surface area contributed by atoms with Crippen LogP contribution in [-0.2, 0) is 19.1 Å². The number of carbonyl (C=O) groups excluding carboxylic acids is 4. The Kier molecular flexibility index (Phi) is 8.31. The molecule has 4 N–H and O–H groups in total. The molecule has 12 nitrogen and oxygen atoms in total. The van der Waals surface area contributed by atoms with Crippen LogP contribution in [0.15, 0.2) is 36.4 Å². The zero-order valence-corrected chi connectivity index (χ0v) is 22.2. The zero-order chi connectivity index (χ0) is 29.1. The normalized spacial score (nSPS) is 22.4. The quantitative estimate of drug-likeness (QED) is 0.369. The van der Waals surface area contributed by atoms with Crippen molar-refractivity contribution in [2.75, 3.05) is 55.6 Å². The molecule has 3 fully saturated rings. The molecule has 0 bridgehead atoms. The summed E-state index contributed by atoms with van der Waals surface area (Å²) in [5.41, 5.74) is 0.392. The van der Waals surface area contributed by atoms with Gasteiger partial charge in [0.2, 0.25) is 11.8 Å². The second-order valence-electron chi connectivity index (χ2n) is 9.95. The monoisotopic (exact) mass is 572 g/mol. The van der Waals surface area contributed by atoms with Crippen LogP contribution in [-0.4, -0.2) is 88.1 Å². The molecule has 218 valence electrons. The number of rotatable bonds is 8. The van der Waals surface area contributed by atoms with Crippen LogP contribution in [0.3, 0.4) is 0 Å². The molecule has 0 aliphatic carbocycles. The Bertz CT molecular complexity index is 1350. The van der Waals surface area contributed by atoms with E-state index in [-0.39, 0.29) is 66.5 Å². The number of nitrogens with one attached hydrogen (secondary N) is 4. The first-order valence-corrected chi connectivity index (χ1v) is 13.2. The molecule has 0 radical (unpaired) electrons. The van der Waals surface area contributed by atoms with Gasteiger partial charge in [0.25, 0.3) is 0 Å². The number of benzene rings is 2. The van der Waals surface area contributed by atoms with Crippen molar-refractivity contribution in [3.8, 4) is 11.1 Å². The van der Waals surface area contributed by atoms with E-state index in [0.29, 0.717) is 13.1 Å². The summed E-state index contributed by atoms with van der Waals surface area (Å²) < 4.78 is 40.8. The molecule has 2 aromatic rings. The van der Waals surface area contributed by atoms with Crippen molar-refractivity contribution in [3.63, 3.8) is 0 Å². The Morgan fingerprint density at radius 3 is 1.88 bits per heavy atom. The molecule has 0 spiro atoms. The van der Waals surface area contributed by atoms with Gasteiger partial charge in [-0.05, 0) is 36.4 Å². The highest BCUT2D eigenvalue weighted by Crippen LogP contribution is 2.33. The van der Waals surface area contributed by atoms with Gasteiger partial charge in [0.15, 0.2) is 0 Å². The Labute approximate surface area is 234 Å². The van der Waals surface area contributed by atoms with Gasteiger partial charge in [-0.25, -0.2) is 18.4 Å². The van der Waals surface area contributed by atoms with Crippen molar-refractivity contribution in [1.29, 1.82) is 0 Å². The van der Waals surface area contributed by atoms with Gasteiger partial charge in [-0.15, -0.1) is 0 Å². The van der Waals surface area contributed by atoms with E-state index < -0.39 is 36.0 Å². The molecule has 3 atom stereocenters. The fourth-order valence-corrected chi connectivity index (χ4v) is 4.89. The first-order valence-electron chi connectivity index (χ1n) is 13.2. The first kappa shape index (κ1) is 28.2. The number of halogens is 2. The Balaban J connectivity index is 1.22. The van der Waals surface area contributed by atoms with Crippen LogP contribution in [0.2, 0.25) is 0 Å². The van der Waals surface area contributed by atoms with Crippen molar-refractivity contribution in [2.24, 2.45) is 0 Å². The molecule has 0 saturated carbocycles. The van der Waals surface area contributed by atoms with Crippen molar-refractivity contribution < 1.29 is 37.4 Å². The topological polar surface area (TPSA) is 141 Å².